The summed E-state index contributed by atoms with van der Waals surface area (Å²) in [6, 6.07) is 10.7. The van der Waals surface area contributed by atoms with Crippen molar-refractivity contribution in [2.24, 2.45) is 0 Å². The van der Waals surface area contributed by atoms with Gasteiger partial charge in [0.1, 0.15) is 10.4 Å². The maximum Gasteiger partial charge on any atom is 0.333 e. The number of pyridine rings is 1. The Morgan fingerprint density at radius 2 is 1.94 bits per heavy atom. The summed E-state index contributed by atoms with van der Waals surface area (Å²) >= 11 is 2.50. The number of nitrogens with zero attached hydrogens (tertiary/aromatic N) is 3. The second kappa shape index (κ2) is 7.92. The van der Waals surface area contributed by atoms with E-state index in [9.17, 15) is 20.0 Å². The quantitative estimate of drug-likeness (QED) is 0.391. The summed E-state index contributed by atoms with van der Waals surface area (Å²) in [5.74, 6) is 0.579. The molecule has 0 aliphatic carbocycles. The third-order valence-electron chi connectivity index (χ3n) is 5.43. The molecule has 34 heavy (non-hydrogen) atoms. The number of aromatic amines is 1. The van der Waals surface area contributed by atoms with Gasteiger partial charge in [0.15, 0.2) is 0 Å². The molecule has 0 spiro atoms. The van der Waals surface area contributed by atoms with E-state index < -0.39 is 16.9 Å². The van der Waals surface area contributed by atoms with Gasteiger partial charge in [-0.05, 0) is 44.2 Å². The zero-order chi connectivity index (χ0) is 24.2. The van der Waals surface area contributed by atoms with Crippen molar-refractivity contribution in [1.29, 1.82) is 5.26 Å². The lowest BCUT2D eigenvalue weighted by Crippen LogP contribution is -2.33. The third kappa shape index (κ3) is 3.51. The van der Waals surface area contributed by atoms with Gasteiger partial charge in [-0.2, -0.15) is 5.26 Å². The lowest BCUT2D eigenvalue weighted by molar-refractivity contribution is 0.0826. The largest absolute Gasteiger partial charge is 0.497 e. The average Bonchev–Trinajstić information content (AvgIpc) is 3.43. The summed E-state index contributed by atoms with van der Waals surface area (Å²) in [7, 11) is 1.54. The highest BCUT2D eigenvalue weighted by Gasteiger charge is 2.22. The Morgan fingerprint density at radius 1 is 1.15 bits per heavy atom. The molecule has 0 saturated carbocycles. The normalized spacial score (nSPS) is 11.7. The van der Waals surface area contributed by atoms with E-state index in [4.69, 9.17) is 4.74 Å². The van der Waals surface area contributed by atoms with Crippen molar-refractivity contribution in [3.63, 3.8) is 0 Å². The minimum Gasteiger partial charge on any atom is -0.497 e. The maximum absolute atomic E-state index is 13.5. The molecule has 0 aliphatic rings. The molecule has 5 rings (SSSR count). The van der Waals surface area contributed by atoms with Crippen molar-refractivity contribution in [2.75, 3.05) is 7.11 Å². The Hall–Kier alpha value is -3.78. The number of nitrogens with one attached hydrogen (secondary N) is 1. The van der Waals surface area contributed by atoms with Crippen LogP contribution in [0.2, 0.25) is 0 Å². The number of methoxy groups -OCH3 is 1. The van der Waals surface area contributed by atoms with Crippen molar-refractivity contribution in [3.8, 4) is 27.9 Å². The molecule has 0 radical (unpaired) electrons. The Balaban J connectivity index is 1.75. The standard InChI is InChI=1S/C24H18N4O4S2/c1-24(2,31)19-6-13-10-26-11-17(20(13)34-19)28-22(29)21-16(27-23(28)30)8-18(33-21)15-7-14(32-3)5-4-12(15)9-25/h4-8,10-11,31H,1-3H3,(H,27,30). The maximum atomic E-state index is 13.5. The van der Waals surface area contributed by atoms with Gasteiger partial charge >= 0.3 is 5.69 Å². The summed E-state index contributed by atoms with van der Waals surface area (Å²) in [5, 5.41) is 20.7. The monoisotopic (exact) mass is 490 g/mol. The zero-order valence-corrected chi connectivity index (χ0v) is 20.0. The number of ether oxygens (including phenoxy) is 1. The molecule has 0 unspecified atom stereocenters. The fourth-order valence-electron chi connectivity index (χ4n) is 3.72. The van der Waals surface area contributed by atoms with Gasteiger partial charge < -0.3 is 14.8 Å². The predicted molar refractivity (Wildman–Crippen MR) is 133 cm³/mol. The molecular formula is C24H18N4O4S2. The lowest BCUT2D eigenvalue weighted by atomic mass is 10.1. The van der Waals surface area contributed by atoms with E-state index in [0.29, 0.717) is 47.2 Å². The number of benzene rings is 1. The van der Waals surface area contributed by atoms with Crippen LogP contribution in [-0.4, -0.2) is 26.8 Å². The van der Waals surface area contributed by atoms with Gasteiger partial charge in [-0.25, -0.2) is 9.36 Å². The van der Waals surface area contributed by atoms with Crippen molar-refractivity contribution in [1.82, 2.24) is 14.5 Å². The molecule has 4 heterocycles. The summed E-state index contributed by atoms with van der Waals surface area (Å²) in [4.78, 5) is 34.9. The number of nitriles is 1. The van der Waals surface area contributed by atoms with Crippen LogP contribution in [0.3, 0.4) is 0 Å². The molecule has 5 aromatic rings. The van der Waals surface area contributed by atoms with E-state index in [1.54, 1.807) is 44.3 Å². The lowest BCUT2D eigenvalue weighted by Gasteiger charge is -2.13. The number of thiophene rings is 2. The van der Waals surface area contributed by atoms with Gasteiger partial charge in [0, 0.05) is 26.9 Å². The number of aliphatic hydroxyl groups is 1. The first kappa shape index (κ1) is 22.0. The number of fused-ring (bicyclic) bond motifs is 2. The summed E-state index contributed by atoms with van der Waals surface area (Å²) in [6.45, 7) is 3.36. The molecule has 170 valence electrons. The molecule has 0 fully saturated rings. The number of hydrogen-bond acceptors (Lipinski definition) is 8. The first-order valence-corrected chi connectivity index (χ1v) is 11.8. The molecule has 4 aromatic heterocycles. The molecule has 1 aromatic carbocycles. The number of H-pyrrole nitrogens is 1. The van der Waals surface area contributed by atoms with Crippen LogP contribution >= 0.6 is 22.7 Å². The van der Waals surface area contributed by atoms with Gasteiger partial charge in [-0.1, -0.05) is 0 Å². The fraction of sp³-hybridized carbons (Fsp3) is 0.167. The van der Waals surface area contributed by atoms with Crippen LogP contribution in [0.25, 0.3) is 36.4 Å². The van der Waals surface area contributed by atoms with Crippen molar-refractivity contribution >= 4 is 43.0 Å². The summed E-state index contributed by atoms with van der Waals surface area (Å²) < 4.78 is 7.37. The van der Waals surface area contributed by atoms with Crippen LogP contribution in [0.1, 0.15) is 24.3 Å². The predicted octanol–water partition coefficient (Wildman–Crippen LogP) is 4.12. The molecule has 0 saturated heterocycles. The number of aromatic nitrogens is 3. The molecule has 0 amide bonds. The third-order valence-corrected chi connectivity index (χ3v) is 8.08. The van der Waals surface area contributed by atoms with Gasteiger partial charge in [0.05, 0.1) is 46.4 Å². The van der Waals surface area contributed by atoms with Crippen LogP contribution in [0.4, 0.5) is 0 Å². The highest BCUT2D eigenvalue weighted by Crippen LogP contribution is 2.37. The fourth-order valence-corrected chi connectivity index (χ4v) is 5.93. The van der Waals surface area contributed by atoms with Crippen LogP contribution in [0, 0.1) is 11.3 Å². The topological polar surface area (TPSA) is 121 Å². The highest BCUT2D eigenvalue weighted by atomic mass is 32.1. The Bertz CT molecular complexity index is 1750. The van der Waals surface area contributed by atoms with E-state index in [-0.39, 0.29) is 0 Å². The van der Waals surface area contributed by atoms with E-state index in [1.807, 2.05) is 6.07 Å². The van der Waals surface area contributed by atoms with E-state index in [0.717, 1.165) is 9.95 Å². The second-order valence-corrected chi connectivity index (χ2v) is 10.3. The van der Waals surface area contributed by atoms with Crippen LogP contribution in [0.15, 0.2) is 52.3 Å². The van der Waals surface area contributed by atoms with Gasteiger partial charge in [0.25, 0.3) is 5.56 Å². The van der Waals surface area contributed by atoms with Crippen LogP contribution in [0.5, 0.6) is 5.75 Å². The van der Waals surface area contributed by atoms with Gasteiger partial charge in [-0.15, -0.1) is 22.7 Å². The Labute approximate surface area is 201 Å². The van der Waals surface area contributed by atoms with Gasteiger partial charge in [-0.3, -0.25) is 9.78 Å². The van der Waals surface area contributed by atoms with E-state index in [2.05, 4.69) is 16.0 Å². The molecule has 2 N–H and O–H groups in total. The summed E-state index contributed by atoms with van der Waals surface area (Å²) in [5.41, 5.74) is -0.361. The molecular weight excluding hydrogens is 472 g/mol. The number of rotatable bonds is 4. The molecule has 8 nitrogen and oxygen atoms in total. The minimum absolute atomic E-state index is 0.345. The first-order chi connectivity index (χ1) is 16.2. The smallest absolute Gasteiger partial charge is 0.333 e. The van der Waals surface area contributed by atoms with Crippen molar-refractivity contribution in [2.45, 2.75) is 19.4 Å². The van der Waals surface area contributed by atoms with E-state index in [1.165, 1.54) is 36.0 Å². The average molecular weight is 491 g/mol. The SMILES string of the molecule is COc1ccc(C#N)c(-c2cc3[nH]c(=O)n(-c4cncc5cc(C(C)(C)O)sc45)c(=O)c3s2)c1. The number of hydrogen-bond donors (Lipinski definition) is 2. The van der Waals surface area contributed by atoms with Crippen LogP contribution in [-0.2, 0) is 5.60 Å². The Morgan fingerprint density at radius 3 is 2.65 bits per heavy atom. The van der Waals surface area contributed by atoms with Crippen LogP contribution < -0.4 is 16.0 Å². The van der Waals surface area contributed by atoms with E-state index >= 15 is 0 Å². The minimum atomic E-state index is -1.07. The second-order valence-electron chi connectivity index (χ2n) is 8.19. The highest BCUT2D eigenvalue weighted by molar-refractivity contribution is 7.22. The zero-order valence-electron chi connectivity index (χ0n) is 18.4. The van der Waals surface area contributed by atoms with Crippen molar-refractivity contribution < 1.29 is 9.84 Å². The molecule has 0 bridgehead atoms. The van der Waals surface area contributed by atoms with Crippen molar-refractivity contribution in [3.05, 3.63) is 74.0 Å². The molecule has 0 aliphatic heterocycles. The molecule has 0 atom stereocenters. The molecule has 10 heteroatoms. The first-order valence-electron chi connectivity index (χ1n) is 10.2. The summed E-state index contributed by atoms with van der Waals surface area (Å²) in [6.07, 6.45) is 3.11. The van der Waals surface area contributed by atoms with Gasteiger partial charge in [0.2, 0.25) is 0 Å². The Kier molecular flexibility index (Phi) is 5.13.